The minimum Gasteiger partial charge on any atom is -0.477 e. The van der Waals surface area contributed by atoms with Crippen LogP contribution < -0.4 is 5.32 Å². The van der Waals surface area contributed by atoms with E-state index in [2.05, 4.69) is 17.2 Å². The van der Waals surface area contributed by atoms with Gasteiger partial charge in [0.15, 0.2) is 5.13 Å². The fourth-order valence-electron chi connectivity index (χ4n) is 1.77. The van der Waals surface area contributed by atoms with Crippen LogP contribution in [-0.4, -0.2) is 22.6 Å². The quantitative estimate of drug-likeness (QED) is 0.830. The van der Waals surface area contributed by atoms with E-state index >= 15 is 0 Å². The van der Waals surface area contributed by atoms with Crippen LogP contribution in [0.2, 0.25) is 0 Å². The van der Waals surface area contributed by atoms with Crippen molar-refractivity contribution in [3.8, 4) is 0 Å². The molecule has 5 heteroatoms. The molecule has 0 saturated heterocycles. The number of aromatic carboxylic acids is 1. The van der Waals surface area contributed by atoms with Crippen molar-refractivity contribution in [1.82, 2.24) is 4.98 Å². The van der Waals surface area contributed by atoms with Gasteiger partial charge in [-0.25, -0.2) is 9.78 Å². The molecule has 0 aliphatic heterocycles. The molecule has 0 atom stereocenters. The zero-order valence-corrected chi connectivity index (χ0v) is 10.4. The van der Waals surface area contributed by atoms with Crippen molar-refractivity contribution in [2.75, 3.05) is 11.9 Å². The molecule has 1 aromatic heterocycles. The first-order valence-electron chi connectivity index (χ1n) is 5.51. The number of aromatic nitrogens is 1. The van der Waals surface area contributed by atoms with E-state index in [9.17, 15) is 4.79 Å². The first-order chi connectivity index (χ1) is 7.56. The highest BCUT2D eigenvalue weighted by atomic mass is 32.1. The average molecular weight is 240 g/mol. The third-order valence-corrected chi connectivity index (χ3v) is 4.42. The Morgan fingerprint density at radius 3 is 2.75 bits per heavy atom. The van der Waals surface area contributed by atoms with Crippen molar-refractivity contribution >= 4 is 22.4 Å². The molecule has 0 radical (unpaired) electrons. The van der Waals surface area contributed by atoms with E-state index in [4.69, 9.17) is 5.11 Å². The Morgan fingerprint density at radius 1 is 1.62 bits per heavy atom. The zero-order valence-electron chi connectivity index (χ0n) is 9.54. The summed E-state index contributed by atoms with van der Waals surface area (Å²) in [5, 5.41) is 12.9. The molecule has 1 saturated carbocycles. The Bertz CT molecular complexity index is 410. The topological polar surface area (TPSA) is 62.2 Å². The molecule has 2 N–H and O–H groups in total. The van der Waals surface area contributed by atoms with E-state index in [1.54, 1.807) is 6.92 Å². The number of thiazole rings is 1. The van der Waals surface area contributed by atoms with Gasteiger partial charge in [0.05, 0.1) is 5.69 Å². The molecule has 2 rings (SSSR count). The number of hydrogen-bond acceptors (Lipinski definition) is 4. The maximum absolute atomic E-state index is 10.8. The van der Waals surface area contributed by atoms with Gasteiger partial charge in [-0.1, -0.05) is 18.3 Å². The number of rotatable bonds is 5. The van der Waals surface area contributed by atoms with Gasteiger partial charge in [0, 0.05) is 6.54 Å². The molecular formula is C11H16N2O2S. The van der Waals surface area contributed by atoms with Crippen molar-refractivity contribution in [3.05, 3.63) is 10.6 Å². The molecule has 0 bridgehead atoms. The van der Waals surface area contributed by atoms with Gasteiger partial charge in [-0.2, -0.15) is 0 Å². The van der Waals surface area contributed by atoms with Gasteiger partial charge in [0.2, 0.25) is 0 Å². The highest BCUT2D eigenvalue weighted by Gasteiger charge is 2.40. The number of nitrogens with one attached hydrogen (secondary N) is 1. The van der Waals surface area contributed by atoms with E-state index in [1.807, 2.05) is 0 Å². The second-order valence-electron chi connectivity index (χ2n) is 4.45. The summed E-state index contributed by atoms with van der Waals surface area (Å²) in [6, 6.07) is 0. The summed E-state index contributed by atoms with van der Waals surface area (Å²) in [6.45, 7) is 4.85. The fraction of sp³-hybridized carbons (Fsp3) is 0.636. The molecule has 0 aromatic carbocycles. The Labute approximate surface area is 98.7 Å². The highest BCUT2D eigenvalue weighted by Crippen LogP contribution is 2.48. The molecular weight excluding hydrogens is 224 g/mol. The van der Waals surface area contributed by atoms with Crippen molar-refractivity contribution in [1.29, 1.82) is 0 Å². The van der Waals surface area contributed by atoms with E-state index < -0.39 is 5.97 Å². The van der Waals surface area contributed by atoms with Crippen molar-refractivity contribution in [3.63, 3.8) is 0 Å². The highest BCUT2D eigenvalue weighted by molar-refractivity contribution is 7.17. The Morgan fingerprint density at radius 2 is 2.31 bits per heavy atom. The van der Waals surface area contributed by atoms with Gasteiger partial charge >= 0.3 is 5.97 Å². The Kier molecular flexibility index (Phi) is 2.88. The number of aryl methyl sites for hydroxylation is 1. The average Bonchev–Trinajstić information content (AvgIpc) is 2.93. The van der Waals surface area contributed by atoms with Crippen molar-refractivity contribution < 1.29 is 9.90 Å². The molecule has 0 unspecified atom stereocenters. The van der Waals surface area contributed by atoms with Crippen LogP contribution in [-0.2, 0) is 0 Å². The second kappa shape index (κ2) is 4.05. The maximum atomic E-state index is 10.8. The number of anilines is 1. The molecule has 1 aromatic rings. The summed E-state index contributed by atoms with van der Waals surface area (Å²) in [6.07, 6.45) is 3.72. The van der Waals surface area contributed by atoms with Gasteiger partial charge in [0.1, 0.15) is 4.88 Å². The van der Waals surface area contributed by atoms with Crippen LogP contribution in [0, 0.1) is 12.3 Å². The molecule has 1 heterocycles. The minimum atomic E-state index is -0.889. The fourth-order valence-corrected chi connectivity index (χ4v) is 2.57. The standard InChI is InChI=1S/C11H16N2O2S/c1-3-11(4-5-11)6-12-10-13-7(2)8(16-10)9(14)15/h3-6H2,1-2H3,(H,12,13)(H,14,15). The van der Waals surface area contributed by atoms with Crippen LogP contribution in [0.3, 0.4) is 0 Å². The third-order valence-electron chi connectivity index (χ3n) is 3.31. The van der Waals surface area contributed by atoms with Crippen LogP contribution in [0.4, 0.5) is 5.13 Å². The summed E-state index contributed by atoms with van der Waals surface area (Å²) in [5.41, 5.74) is 1.05. The summed E-state index contributed by atoms with van der Waals surface area (Å²) >= 11 is 1.22. The first kappa shape index (κ1) is 11.4. The number of carboxylic acids is 1. The van der Waals surface area contributed by atoms with Crippen LogP contribution >= 0.6 is 11.3 Å². The van der Waals surface area contributed by atoms with Gasteiger partial charge in [-0.15, -0.1) is 0 Å². The van der Waals surface area contributed by atoms with Crippen LogP contribution in [0.5, 0.6) is 0 Å². The van der Waals surface area contributed by atoms with Gasteiger partial charge < -0.3 is 10.4 Å². The second-order valence-corrected chi connectivity index (χ2v) is 5.44. The zero-order chi connectivity index (χ0) is 11.8. The number of nitrogens with zero attached hydrogens (tertiary/aromatic N) is 1. The smallest absolute Gasteiger partial charge is 0.347 e. The molecule has 1 fully saturated rings. The number of carbonyl (C=O) groups is 1. The van der Waals surface area contributed by atoms with Crippen LogP contribution in [0.15, 0.2) is 0 Å². The van der Waals surface area contributed by atoms with Gasteiger partial charge in [-0.05, 0) is 31.6 Å². The first-order valence-corrected chi connectivity index (χ1v) is 6.32. The number of carboxylic acid groups (broad SMARTS) is 1. The van der Waals surface area contributed by atoms with E-state index in [1.165, 1.54) is 30.6 Å². The third kappa shape index (κ3) is 2.19. The van der Waals surface area contributed by atoms with E-state index in [-0.39, 0.29) is 0 Å². The lowest BCUT2D eigenvalue weighted by Crippen LogP contribution is -2.14. The monoisotopic (exact) mass is 240 g/mol. The van der Waals surface area contributed by atoms with E-state index in [0.717, 1.165) is 11.7 Å². The lowest BCUT2D eigenvalue weighted by molar-refractivity contribution is 0.0701. The molecule has 16 heavy (non-hydrogen) atoms. The maximum Gasteiger partial charge on any atom is 0.347 e. The van der Waals surface area contributed by atoms with Crippen LogP contribution in [0.1, 0.15) is 41.6 Å². The Hall–Kier alpha value is -1.10. The molecule has 0 spiro atoms. The van der Waals surface area contributed by atoms with Crippen molar-refractivity contribution in [2.24, 2.45) is 5.41 Å². The molecule has 4 nitrogen and oxygen atoms in total. The van der Waals surface area contributed by atoms with Gasteiger partial charge in [-0.3, -0.25) is 0 Å². The molecule has 88 valence electrons. The lowest BCUT2D eigenvalue weighted by atomic mass is 10.0. The number of hydrogen-bond donors (Lipinski definition) is 2. The van der Waals surface area contributed by atoms with Crippen molar-refractivity contribution in [2.45, 2.75) is 33.1 Å². The normalized spacial score (nSPS) is 17.1. The lowest BCUT2D eigenvalue weighted by Gasteiger charge is -2.11. The summed E-state index contributed by atoms with van der Waals surface area (Å²) < 4.78 is 0. The summed E-state index contributed by atoms with van der Waals surface area (Å²) in [7, 11) is 0. The minimum absolute atomic E-state index is 0.337. The SMILES string of the molecule is CCC1(CNc2nc(C)c(C(=O)O)s2)CC1. The van der Waals surface area contributed by atoms with Gasteiger partial charge in [0.25, 0.3) is 0 Å². The van der Waals surface area contributed by atoms with Crippen LogP contribution in [0.25, 0.3) is 0 Å². The molecule has 0 amide bonds. The molecule has 1 aliphatic carbocycles. The largest absolute Gasteiger partial charge is 0.477 e. The predicted molar refractivity (Wildman–Crippen MR) is 64.3 cm³/mol. The predicted octanol–water partition coefficient (Wildman–Crippen LogP) is 2.75. The Balaban J connectivity index is 2.00. The van der Waals surface area contributed by atoms with E-state index in [0.29, 0.717) is 16.0 Å². The molecule has 1 aliphatic rings. The summed E-state index contributed by atoms with van der Waals surface area (Å²) in [4.78, 5) is 15.4. The summed E-state index contributed by atoms with van der Waals surface area (Å²) in [5.74, 6) is -0.889.